The van der Waals surface area contributed by atoms with Crippen molar-refractivity contribution in [2.45, 2.75) is 16.2 Å². The van der Waals surface area contributed by atoms with E-state index in [1.54, 1.807) is 0 Å². The van der Waals surface area contributed by atoms with Crippen LogP contribution in [-0.4, -0.2) is 37.2 Å². The van der Waals surface area contributed by atoms with Crippen molar-refractivity contribution in [2.24, 2.45) is 0 Å². The molecular formula is C10H12N2O6S2. The van der Waals surface area contributed by atoms with Crippen LogP contribution in [-0.2, 0) is 14.8 Å². The minimum atomic E-state index is -3.76. The number of hydrogen-bond donors (Lipinski definition) is 2. The first-order chi connectivity index (χ1) is 9.27. The van der Waals surface area contributed by atoms with Gasteiger partial charge in [0.25, 0.3) is 5.69 Å². The topological polar surface area (TPSA) is 127 Å². The molecule has 0 amide bonds. The third kappa shape index (κ3) is 4.18. The predicted octanol–water partition coefficient (Wildman–Crippen LogP) is 1.07. The summed E-state index contributed by atoms with van der Waals surface area (Å²) in [7, 11) is -2.56. The van der Waals surface area contributed by atoms with Gasteiger partial charge in [-0.15, -0.1) is 11.8 Å². The molecular weight excluding hydrogens is 308 g/mol. The molecule has 0 saturated heterocycles. The van der Waals surface area contributed by atoms with Crippen LogP contribution in [0, 0.1) is 10.1 Å². The number of rotatable bonds is 7. The Morgan fingerprint density at radius 2 is 2.15 bits per heavy atom. The van der Waals surface area contributed by atoms with Crippen LogP contribution in [0.5, 0.6) is 0 Å². The molecule has 10 heteroatoms. The molecule has 8 nitrogen and oxygen atoms in total. The molecule has 0 unspecified atom stereocenters. The van der Waals surface area contributed by atoms with Gasteiger partial charge in [-0.2, -0.15) is 0 Å². The Kier molecular flexibility index (Phi) is 5.48. The van der Waals surface area contributed by atoms with E-state index in [9.17, 15) is 23.3 Å². The van der Waals surface area contributed by atoms with Crippen LogP contribution >= 0.6 is 11.8 Å². The third-order valence-corrected chi connectivity index (χ3v) is 4.76. The highest BCUT2D eigenvalue weighted by Gasteiger charge is 2.20. The van der Waals surface area contributed by atoms with Crippen LogP contribution in [0.15, 0.2) is 28.0 Å². The Morgan fingerprint density at radius 3 is 2.65 bits per heavy atom. The zero-order chi connectivity index (χ0) is 15.3. The number of sulfonamides is 1. The number of nitrogens with zero attached hydrogens (tertiary/aromatic N) is 1. The lowest BCUT2D eigenvalue weighted by atomic mass is 10.3. The molecule has 2 N–H and O–H groups in total. The fourth-order valence-corrected chi connectivity index (χ4v) is 2.99. The van der Waals surface area contributed by atoms with Crippen LogP contribution in [0.4, 0.5) is 5.69 Å². The van der Waals surface area contributed by atoms with E-state index in [1.165, 1.54) is 19.2 Å². The molecule has 0 bridgehead atoms. The number of benzene rings is 1. The maximum absolute atomic E-state index is 11.6. The molecule has 0 fully saturated rings. The summed E-state index contributed by atoms with van der Waals surface area (Å²) in [5, 5.41) is 19.5. The van der Waals surface area contributed by atoms with Crippen molar-refractivity contribution in [3.63, 3.8) is 0 Å². The summed E-state index contributed by atoms with van der Waals surface area (Å²) >= 11 is 0.993. The molecule has 0 spiro atoms. The average Bonchev–Trinajstić information content (AvgIpc) is 2.38. The first-order valence-corrected chi connectivity index (χ1v) is 7.81. The summed E-state index contributed by atoms with van der Waals surface area (Å²) in [6.45, 7) is 0. The summed E-state index contributed by atoms with van der Waals surface area (Å²) in [6, 6.07) is 3.49. The van der Waals surface area contributed by atoms with Crippen molar-refractivity contribution in [1.29, 1.82) is 0 Å². The summed E-state index contributed by atoms with van der Waals surface area (Å²) in [6.07, 6.45) is -0.140. The van der Waals surface area contributed by atoms with Crippen molar-refractivity contribution in [2.75, 3.05) is 12.8 Å². The van der Waals surface area contributed by atoms with Gasteiger partial charge in [-0.05, 0) is 19.2 Å². The molecule has 1 aromatic rings. The van der Waals surface area contributed by atoms with Gasteiger partial charge in [0.05, 0.1) is 21.1 Å². The maximum Gasteiger partial charge on any atom is 0.304 e. The normalized spacial score (nSPS) is 11.2. The highest BCUT2D eigenvalue weighted by molar-refractivity contribution is 7.99. The van der Waals surface area contributed by atoms with E-state index in [4.69, 9.17) is 5.11 Å². The lowest BCUT2D eigenvalue weighted by Gasteiger charge is -2.05. The Morgan fingerprint density at radius 1 is 1.50 bits per heavy atom. The van der Waals surface area contributed by atoms with E-state index in [1.807, 2.05) is 0 Å². The molecule has 1 aromatic carbocycles. The SMILES string of the molecule is CNS(=O)(=O)c1ccc(SCCC(=O)O)c([N+](=O)[O-])c1. The van der Waals surface area contributed by atoms with Crippen LogP contribution in [0.25, 0.3) is 0 Å². The van der Waals surface area contributed by atoms with E-state index in [0.29, 0.717) is 0 Å². The van der Waals surface area contributed by atoms with Crippen LogP contribution in [0.1, 0.15) is 6.42 Å². The van der Waals surface area contributed by atoms with E-state index in [2.05, 4.69) is 4.72 Å². The third-order valence-electron chi connectivity index (χ3n) is 2.28. The van der Waals surface area contributed by atoms with Gasteiger partial charge in [0.15, 0.2) is 0 Å². The zero-order valence-electron chi connectivity index (χ0n) is 10.4. The van der Waals surface area contributed by atoms with Crippen molar-refractivity contribution < 1.29 is 23.2 Å². The van der Waals surface area contributed by atoms with Crippen molar-refractivity contribution in [3.05, 3.63) is 28.3 Å². The summed E-state index contributed by atoms with van der Waals surface area (Å²) in [5.41, 5.74) is -0.364. The molecule has 0 radical (unpaired) electrons. The van der Waals surface area contributed by atoms with E-state index >= 15 is 0 Å². The zero-order valence-corrected chi connectivity index (χ0v) is 12.0. The van der Waals surface area contributed by atoms with Gasteiger partial charge in [-0.3, -0.25) is 14.9 Å². The highest BCUT2D eigenvalue weighted by Crippen LogP contribution is 2.31. The number of aliphatic carboxylic acids is 1. The Labute approximate surface area is 119 Å². The van der Waals surface area contributed by atoms with Gasteiger partial charge in [-0.1, -0.05) is 0 Å². The monoisotopic (exact) mass is 320 g/mol. The fraction of sp³-hybridized carbons (Fsp3) is 0.300. The summed E-state index contributed by atoms with van der Waals surface area (Å²) < 4.78 is 25.2. The first kappa shape index (κ1) is 16.4. The number of carboxylic acid groups (broad SMARTS) is 1. The Hall–Kier alpha value is -1.65. The molecule has 1 rings (SSSR count). The molecule has 0 heterocycles. The quantitative estimate of drug-likeness (QED) is 0.437. The predicted molar refractivity (Wildman–Crippen MR) is 72.3 cm³/mol. The van der Waals surface area contributed by atoms with Crippen LogP contribution in [0.3, 0.4) is 0 Å². The second kappa shape index (κ2) is 6.68. The van der Waals surface area contributed by atoms with E-state index in [0.717, 1.165) is 17.8 Å². The number of carboxylic acids is 1. The van der Waals surface area contributed by atoms with Crippen molar-refractivity contribution >= 4 is 33.4 Å². The second-order valence-electron chi connectivity index (χ2n) is 3.59. The summed E-state index contributed by atoms with van der Waals surface area (Å²) in [4.78, 5) is 20.7. The van der Waals surface area contributed by atoms with Crippen LogP contribution < -0.4 is 4.72 Å². The molecule has 0 aliphatic heterocycles. The minimum Gasteiger partial charge on any atom is -0.481 e. The van der Waals surface area contributed by atoms with Crippen molar-refractivity contribution in [1.82, 2.24) is 4.72 Å². The van der Waals surface area contributed by atoms with Gasteiger partial charge in [0, 0.05) is 11.8 Å². The van der Waals surface area contributed by atoms with Crippen molar-refractivity contribution in [3.8, 4) is 0 Å². The smallest absolute Gasteiger partial charge is 0.304 e. The standard InChI is InChI=1S/C10H12N2O6S2/c1-11-20(17,18)7-2-3-9(8(6-7)12(15)16)19-5-4-10(13)14/h2-3,6,11H,4-5H2,1H3,(H,13,14). The largest absolute Gasteiger partial charge is 0.481 e. The number of carbonyl (C=O) groups is 1. The van der Waals surface area contributed by atoms with E-state index < -0.39 is 20.9 Å². The Balaban J connectivity index is 3.09. The number of thioether (sulfide) groups is 1. The molecule has 0 aromatic heterocycles. The van der Waals surface area contributed by atoms with Gasteiger partial charge in [0.1, 0.15) is 0 Å². The van der Waals surface area contributed by atoms with Gasteiger partial charge >= 0.3 is 5.97 Å². The Bertz CT molecular complexity index is 629. The lowest BCUT2D eigenvalue weighted by Crippen LogP contribution is -2.18. The van der Waals surface area contributed by atoms with Gasteiger partial charge in [0.2, 0.25) is 10.0 Å². The average molecular weight is 320 g/mol. The number of hydrogen-bond acceptors (Lipinski definition) is 6. The molecule has 20 heavy (non-hydrogen) atoms. The summed E-state index contributed by atoms with van der Waals surface area (Å²) in [5.74, 6) is -0.844. The minimum absolute atomic E-state index is 0.140. The lowest BCUT2D eigenvalue weighted by molar-refractivity contribution is -0.388. The number of nitro groups is 1. The molecule has 0 atom stereocenters. The highest BCUT2D eigenvalue weighted by atomic mass is 32.2. The van der Waals surface area contributed by atoms with Gasteiger partial charge in [-0.25, -0.2) is 13.1 Å². The number of nitro benzene ring substituents is 1. The maximum atomic E-state index is 11.6. The molecule has 0 aliphatic carbocycles. The van der Waals surface area contributed by atoms with Gasteiger partial charge < -0.3 is 5.11 Å². The molecule has 0 saturated carbocycles. The van der Waals surface area contributed by atoms with Crippen LogP contribution in [0.2, 0.25) is 0 Å². The van der Waals surface area contributed by atoms with E-state index in [-0.39, 0.29) is 27.7 Å². The molecule has 110 valence electrons. The second-order valence-corrected chi connectivity index (χ2v) is 6.61. The first-order valence-electron chi connectivity index (χ1n) is 5.34. The molecule has 0 aliphatic rings. The number of nitrogens with one attached hydrogen (secondary N) is 1. The fourth-order valence-electron chi connectivity index (χ4n) is 1.30.